The average molecular weight is 555 g/mol. The first-order chi connectivity index (χ1) is 19.8. The normalized spacial score (nSPS) is 14.9. The van der Waals surface area contributed by atoms with E-state index in [0.29, 0.717) is 16.9 Å². The van der Waals surface area contributed by atoms with E-state index in [1.165, 1.54) is 12.5 Å². The molecule has 0 aromatic heterocycles. The SMILES string of the molecule is Nc1cc(C(=O)N[C@@H](CO)C(=O)Nc2ccc(/C=C/C(=O)O)cc2)ccc1C(=Nc1ccccc1)C1CCCCC1. The second-order valence-electron chi connectivity index (χ2n) is 9.96. The molecule has 0 heterocycles. The molecule has 0 saturated heterocycles. The number of nitrogens with two attached hydrogens (primary N) is 1. The van der Waals surface area contributed by atoms with Crippen molar-refractivity contribution in [3.63, 3.8) is 0 Å². The molecule has 1 fully saturated rings. The third-order valence-corrected chi connectivity index (χ3v) is 6.99. The summed E-state index contributed by atoms with van der Waals surface area (Å²) in [5.74, 6) is -1.94. The number of rotatable bonds is 10. The fraction of sp³-hybridized carbons (Fsp3) is 0.250. The van der Waals surface area contributed by atoms with Crippen LogP contribution in [-0.2, 0) is 9.59 Å². The van der Waals surface area contributed by atoms with Gasteiger partial charge in [0.25, 0.3) is 5.91 Å². The minimum Gasteiger partial charge on any atom is -0.478 e. The van der Waals surface area contributed by atoms with E-state index in [-0.39, 0.29) is 11.5 Å². The fourth-order valence-corrected chi connectivity index (χ4v) is 4.84. The van der Waals surface area contributed by atoms with Gasteiger partial charge in [-0.25, -0.2) is 4.79 Å². The topological polar surface area (TPSA) is 154 Å². The summed E-state index contributed by atoms with van der Waals surface area (Å²) in [6.45, 7) is -0.611. The van der Waals surface area contributed by atoms with Crippen molar-refractivity contribution < 1.29 is 24.6 Å². The molecule has 2 amide bonds. The molecule has 0 unspecified atom stereocenters. The Kier molecular flexibility index (Phi) is 10.0. The number of anilines is 2. The van der Waals surface area contributed by atoms with Gasteiger partial charge in [0.1, 0.15) is 6.04 Å². The lowest BCUT2D eigenvalue weighted by Crippen LogP contribution is -2.46. The van der Waals surface area contributed by atoms with E-state index in [1.807, 2.05) is 30.3 Å². The maximum absolute atomic E-state index is 13.0. The molecule has 41 heavy (non-hydrogen) atoms. The Balaban J connectivity index is 1.47. The number of amides is 2. The van der Waals surface area contributed by atoms with Gasteiger partial charge in [-0.05, 0) is 60.9 Å². The lowest BCUT2D eigenvalue weighted by Gasteiger charge is -2.25. The lowest BCUT2D eigenvalue weighted by molar-refractivity contribution is -0.131. The highest BCUT2D eigenvalue weighted by atomic mass is 16.4. The number of aliphatic imine (C=N–C) groups is 1. The standard InChI is InChI=1S/C32H34N4O5/c33-27-19-23(14-17-26(27)30(22-7-3-1-4-8-22)34-24-9-5-2-6-10-24)31(40)36-28(20-37)32(41)35-25-15-11-21(12-16-25)13-18-29(38)39/h2,5-6,9-19,22,28,37H,1,3-4,7-8,20,33H2,(H,35,41)(H,36,40)(H,38,39)/b18-13+,34-30?/t28-/m0/s1. The number of nitrogens with one attached hydrogen (secondary N) is 2. The highest BCUT2D eigenvalue weighted by Gasteiger charge is 2.24. The Hall–Kier alpha value is -4.76. The van der Waals surface area contributed by atoms with E-state index >= 15 is 0 Å². The van der Waals surface area contributed by atoms with Crippen LogP contribution in [0.25, 0.3) is 6.08 Å². The second-order valence-corrected chi connectivity index (χ2v) is 9.96. The first kappa shape index (κ1) is 29.2. The van der Waals surface area contributed by atoms with Crippen molar-refractivity contribution in [3.8, 4) is 0 Å². The summed E-state index contributed by atoms with van der Waals surface area (Å²) in [4.78, 5) is 41.4. The van der Waals surface area contributed by atoms with Gasteiger partial charge in [0.2, 0.25) is 5.91 Å². The number of benzene rings is 3. The Bertz CT molecular complexity index is 1430. The number of nitrogens with zero attached hydrogens (tertiary/aromatic N) is 1. The zero-order chi connectivity index (χ0) is 29.2. The predicted octanol–water partition coefficient (Wildman–Crippen LogP) is 4.80. The van der Waals surface area contributed by atoms with Crippen molar-refractivity contribution in [2.45, 2.75) is 38.1 Å². The number of hydrogen-bond acceptors (Lipinski definition) is 6. The number of aliphatic hydroxyl groups excluding tert-OH is 1. The number of carboxylic acids is 1. The first-order valence-corrected chi connectivity index (χ1v) is 13.6. The molecule has 3 aromatic carbocycles. The van der Waals surface area contributed by atoms with Gasteiger partial charge in [-0.15, -0.1) is 0 Å². The number of carbonyl (C=O) groups is 3. The molecule has 0 spiro atoms. The van der Waals surface area contributed by atoms with Gasteiger partial charge in [0, 0.05) is 34.5 Å². The highest BCUT2D eigenvalue weighted by Crippen LogP contribution is 2.31. The van der Waals surface area contributed by atoms with Gasteiger partial charge >= 0.3 is 5.97 Å². The van der Waals surface area contributed by atoms with Crippen LogP contribution in [0.1, 0.15) is 53.6 Å². The van der Waals surface area contributed by atoms with Crippen molar-refractivity contribution >= 4 is 46.6 Å². The zero-order valence-electron chi connectivity index (χ0n) is 22.6. The molecule has 3 aromatic rings. The number of para-hydroxylation sites is 1. The number of carboxylic acid groups (broad SMARTS) is 1. The van der Waals surface area contributed by atoms with Crippen LogP contribution in [0.3, 0.4) is 0 Å². The van der Waals surface area contributed by atoms with Crippen LogP contribution in [0.15, 0.2) is 83.9 Å². The van der Waals surface area contributed by atoms with Crippen LogP contribution in [0, 0.1) is 5.92 Å². The largest absolute Gasteiger partial charge is 0.478 e. The van der Waals surface area contributed by atoms with Crippen molar-refractivity contribution in [3.05, 3.63) is 95.6 Å². The van der Waals surface area contributed by atoms with Crippen LogP contribution < -0.4 is 16.4 Å². The molecule has 1 saturated carbocycles. The lowest BCUT2D eigenvalue weighted by atomic mass is 9.82. The summed E-state index contributed by atoms with van der Waals surface area (Å²) in [5, 5.41) is 23.8. The summed E-state index contributed by atoms with van der Waals surface area (Å²) in [5.41, 5.74) is 10.8. The van der Waals surface area contributed by atoms with Crippen LogP contribution >= 0.6 is 0 Å². The van der Waals surface area contributed by atoms with Gasteiger partial charge in [-0.2, -0.15) is 0 Å². The number of aliphatic hydroxyl groups is 1. The van der Waals surface area contributed by atoms with Crippen LogP contribution in [-0.4, -0.2) is 46.4 Å². The maximum atomic E-state index is 13.0. The second kappa shape index (κ2) is 14.0. The number of carbonyl (C=O) groups excluding carboxylic acids is 2. The molecule has 212 valence electrons. The number of nitrogen functional groups attached to an aromatic ring is 1. The quantitative estimate of drug-likeness (QED) is 0.138. The zero-order valence-corrected chi connectivity index (χ0v) is 22.6. The van der Waals surface area contributed by atoms with Crippen molar-refractivity contribution in [2.24, 2.45) is 10.9 Å². The van der Waals surface area contributed by atoms with Gasteiger partial charge in [0.15, 0.2) is 0 Å². The van der Waals surface area contributed by atoms with Crippen molar-refractivity contribution in [2.75, 3.05) is 17.7 Å². The Morgan fingerprint density at radius 3 is 2.32 bits per heavy atom. The van der Waals surface area contributed by atoms with Crippen molar-refractivity contribution in [1.82, 2.24) is 5.32 Å². The number of hydrogen-bond donors (Lipinski definition) is 5. The van der Waals surface area contributed by atoms with E-state index in [0.717, 1.165) is 48.7 Å². The van der Waals surface area contributed by atoms with Gasteiger partial charge in [-0.3, -0.25) is 14.6 Å². The van der Waals surface area contributed by atoms with Crippen molar-refractivity contribution in [1.29, 1.82) is 0 Å². The molecule has 1 aliphatic rings. The van der Waals surface area contributed by atoms with Crippen LogP contribution in [0.2, 0.25) is 0 Å². The summed E-state index contributed by atoms with van der Waals surface area (Å²) in [6, 6.07) is 20.0. The third kappa shape index (κ3) is 8.12. The smallest absolute Gasteiger partial charge is 0.328 e. The summed E-state index contributed by atoms with van der Waals surface area (Å²) < 4.78 is 0. The molecule has 9 heteroatoms. The molecular weight excluding hydrogens is 520 g/mol. The van der Waals surface area contributed by atoms with Crippen LogP contribution in [0.4, 0.5) is 17.1 Å². The molecule has 0 aliphatic heterocycles. The fourth-order valence-electron chi connectivity index (χ4n) is 4.84. The summed E-state index contributed by atoms with van der Waals surface area (Å²) in [7, 11) is 0. The predicted molar refractivity (Wildman–Crippen MR) is 160 cm³/mol. The minimum atomic E-state index is -1.20. The van der Waals surface area contributed by atoms with E-state index in [4.69, 9.17) is 15.8 Å². The molecule has 0 bridgehead atoms. The molecule has 0 radical (unpaired) electrons. The Morgan fingerprint density at radius 2 is 1.68 bits per heavy atom. The van der Waals surface area contributed by atoms with Gasteiger partial charge in [-0.1, -0.05) is 55.7 Å². The highest BCUT2D eigenvalue weighted by molar-refractivity contribution is 6.09. The Labute approximate surface area is 238 Å². The van der Waals surface area contributed by atoms with E-state index in [2.05, 4.69) is 10.6 Å². The van der Waals surface area contributed by atoms with E-state index < -0.39 is 30.4 Å². The summed E-state index contributed by atoms with van der Waals surface area (Å²) >= 11 is 0. The molecule has 1 atom stereocenters. The number of aliphatic carboxylic acids is 1. The third-order valence-electron chi connectivity index (χ3n) is 6.99. The molecule has 4 rings (SSSR count). The molecule has 1 aliphatic carbocycles. The van der Waals surface area contributed by atoms with E-state index in [9.17, 15) is 19.5 Å². The molecule has 6 N–H and O–H groups in total. The van der Waals surface area contributed by atoms with E-state index in [1.54, 1.807) is 42.5 Å². The Morgan fingerprint density at radius 1 is 0.976 bits per heavy atom. The minimum absolute atomic E-state index is 0.259. The van der Waals surface area contributed by atoms with Gasteiger partial charge < -0.3 is 26.6 Å². The first-order valence-electron chi connectivity index (χ1n) is 13.6. The monoisotopic (exact) mass is 554 g/mol. The molecular formula is C32H34N4O5. The average Bonchev–Trinajstić information content (AvgIpc) is 2.99. The maximum Gasteiger partial charge on any atom is 0.328 e. The summed E-state index contributed by atoms with van der Waals surface area (Å²) in [6.07, 6.45) is 7.97. The van der Waals surface area contributed by atoms with Gasteiger partial charge in [0.05, 0.1) is 18.0 Å². The van der Waals surface area contributed by atoms with Crippen LogP contribution in [0.5, 0.6) is 0 Å². The molecule has 9 nitrogen and oxygen atoms in total.